The second-order valence-electron chi connectivity index (χ2n) is 7.92. The van der Waals surface area contributed by atoms with Crippen LogP contribution in [0.4, 0.5) is 10.3 Å². The molecule has 142 valence electrons. The molecule has 1 aromatic carbocycles. The van der Waals surface area contributed by atoms with Crippen LogP contribution in [0.3, 0.4) is 0 Å². The lowest BCUT2D eigenvalue weighted by atomic mass is 9.97. The molecule has 0 aliphatic carbocycles. The molecule has 4 rings (SSSR count). The molecule has 28 heavy (non-hydrogen) atoms. The van der Waals surface area contributed by atoms with Gasteiger partial charge in [0.15, 0.2) is 0 Å². The van der Waals surface area contributed by atoms with Crippen LogP contribution in [0, 0.1) is 11.2 Å². The molecule has 0 radical (unpaired) electrons. The van der Waals surface area contributed by atoms with Gasteiger partial charge in [-0.25, -0.2) is 19.3 Å². The summed E-state index contributed by atoms with van der Waals surface area (Å²) in [7, 11) is 0. The molecular formula is C22H22FN5. The van der Waals surface area contributed by atoms with Crippen LogP contribution in [0.1, 0.15) is 20.8 Å². The number of rotatable bonds is 4. The molecule has 0 fully saturated rings. The summed E-state index contributed by atoms with van der Waals surface area (Å²) < 4.78 is 15.4. The highest BCUT2D eigenvalue weighted by molar-refractivity contribution is 5.80. The van der Waals surface area contributed by atoms with Crippen LogP contribution in [0.25, 0.3) is 28.3 Å². The Kier molecular flexibility index (Phi) is 4.55. The summed E-state index contributed by atoms with van der Waals surface area (Å²) in [6.07, 6.45) is 3.69. The normalized spacial score (nSPS) is 11.7. The van der Waals surface area contributed by atoms with Crippen molar-refractivity contribution < 1.29 is 4.39 Å². The molecule has 3 aromatic heterocycles. The molecule has 0 aliphatic rings. The number of aromatic nitrogens is 4. The van der Waals surface area contributed by atoms with E-state index in [0.717, 1.165) is 34.8 Å². The summed E-state index contributed by atoms with van der Waals surface area (Å²) in [5.74, 6) is 0.299. The van der Waals surface area contributed by atoms with Crippen molar-refractivity contribution in [1.29, 1.82) is 0 Å². The van der Waals surface area contributed by atoms with Crippen molar-refractivity contribution in [3.8, 4) is 22.6 Å². The quantitative estimate of drug-likeness (QED) is 0.542. The van der Waals surface area contributed by atoms with E-state index in [1.54, 1.807) is 18.3 Å². The lowest BCUT2D eigenvalue weighted by Gasteiger charge is -2.18. The van der Waals surface area contributed by atoms with E-state index >= 15 is 0 Å². The standard InChI is InChI=1S/C22H22FN5/c1-22(2,3)14-25-21-24-12-11-17(26-21)20-19(15-7-9-16(23)10-8-15)27-18-6-4-5-13-28(18)20/h4-13H,14H2,1-3H3,(H,24,25,26). The van der Waals surface area contributed by atoms with E-state index in [0.29, 0.717) is 5.95 Å². The van der Waals surface area contributed by atoms with Crippen LogP contribution in [0.2, 0.25) is 0 Å². The highest BCUT2D eigenvalue weighted by atomic mass is 19.1. The molecule has 0 saturated carbocycles. The van der Waals surface area contributed by atoms with Gasteiger partial charge in [-0.15, -0.1) is 0 Å². The number of nitrogens with one attached hydrogen (secondary N) is 1. The van der Waals surface area contributed by atoms with Crippen molar-refractivity contribution in [1.82, 2.24) is 19.4 Å². The minimum atomic E-state index is -0.273. The third-order valence-corrected chi connectivity index (χ3v) is 4.32. The van der Waals surface area contributed by atoms with Crippen LogP contribution >= 0.6 is 0 Å². The van der Waals surface area contributed by atoms with E-state index in [4.69, 9.17) is 9.97 Å². The number of anilines is 1. The fourth-order valence-electron chi connectivity index (χ4n) is 2.97. The van der Waals surface area contributed by atoms with Gasteiger partial charge < -0.3 is 5.32 Å². The molecular weight excluding hydrogens is 353 g/mol. The Morgan fingerprint density at radius 3 is 2.54 bits per heavy atom. The number of nitrogens with zero attached hydrogens (tertiary/aromatic N) is 4. The van der Waals surface area contributed by atoms with Gasteiger partial charge in [0.05, 0.1) is 17.1 Å². The number of hydrogen-bond donors (Lipinski definition) is 1. The van der Waals surface area contributed by atoms with E-state index < -0.39 is 0 Å². The minimum absolute atomic E-state index is 0.113. The van der Waals surface area contributed by atoms with Crippen molar-refractivity contribution >= 4 is 11.6 Å². The van der Waals surface area contributed by atoms with Gasteiger partial charge in [0.2, 0.25) is 5.95 Å². The third kappa shape index (κ3) is 3.71. The molecule has 5 nitrogen and oxygen atoms in total. The maximum atomic E-state index is 13.4. The van der Waals surface area contributed by atoms with E-state index in [2.05, 4.69) is 31.1 Å². The average molecular weight is 375 g/mol. The SMILES string of the molecule is CC(C)(C)CNc1nccc(-c2c(-c3ccc(F)cc3)nc3ccccn23)n1. The van der Waals surface area contributed by atoms with Crippen molar-refractivity contribution in [2.24, 2.45) is 5.41 Å². The highest BCUT2D eigenvalue weighted by Gasteiger charge is 2.18. The summed E-state index contributed by atoms with van der Waals surface area (Å²) in [4.78, 5) is 13.8. The molecule has 0 atom stereocenters. The van der Waals surface area contributed by atoms with Crippen LogP contribution in [-0.2, 0) is 0 Å². The van der Waals surface area contributed by atoms with Crippen LogP contribution < -0.4 is 5.32 Å². The Morgan fingerprint density at radius 2 is 1.79 bits per heavy atom. The largest absolute Gasteiger partial charge is 0.354 e. The van der Waals surface area contributed by atoms with Crippen molar-refractivity contribution in [3.05, 3.63) is 66.7 Å². The fraction of sp³-hybridized carbons (Fsp3) is 0.227. The first-order valence-electron chi connectivity index (χ1n) is 9.21. The van der Waals surface area contributed by atoms with E-state index in [9.17, 15) is 4.39 Å². The van der Waals surface area contributed by atoms with Crippen molar-refractivity contribution in [2.45, 2.75) is 20.8 Å². The maximum Gasteiger partial charge on any atom is 0.223 e. The van der Waals surface area contributed by atoms with Gasteiger partial charge in [0.1, 0.15) is 11.5 Å². The lowest BCUT2D eigenvalue weighted by Crippen LogP contribution is -2.20. The first-order valence-corrected chi connectivity index (χ1v) is 9.21. The minimum Gasteiger partial charge on any atom is -0.354 e. The van der Waals surface area contributed by atoms with Crippen LogP contribution in [0.15, 0.2) is 60.9 Å². The lowest BCUT2D eigenvalue weighted by molar-refractivity contribution is 0.442. The molecule has 0 bridgehead atoms. The molecule has 0 saturated heterocycles. The zero-order chi connectivity index (χ0) is 19.7. The molecule has 0 amide bonds. The molecule has 0 aliphatic heterocycles. The Balaban J connectivity index is 1.84. The van der Waals surface area contributed by atoms with E-state index in [-0.39, 0.29) is 11.2 Å². The molecule has 3 heterocycles. The van der Waals surface area contributed by atoms with Gasteiger partial charge in [0, 0.05) is 24.5 Å². The zero-order valence-corrected chi connectivity index (χ0v) is 16.1. The van der Waals surface area contributed by atoms with Gasteiger partial charge in [-0.05, 0) is 47.9 Å². The Morgan fingerprint density at radius 1 is 1.00 bits per heavy atom. The van der Waals surface area contributed by atoms with Gasteiger partial charge >= 0.3 is 0 Å². The summed E-state index contributed by atoms with van der Waals surface area (Å²) >= 11 is 0. The number of halogens is 1. The Labute approximate surface area is 163 Å². The summed E-state index contributed by atoms with van der Waals surface area (Å²) in [5.41, 5.74) is 4.11. The smallest absolute Gasteiger partial charge is 0.223 e. The predicted molar refractivity (Wildman–Crippen MR) is 110 cm³/mol. The maximum absolute atomic E-state index is 13.4. The van der Waals surface area contributed by atoms with Gasteiger partial charge in [-0.1, -0.05) is 26.8 Å². The summed E-state index contributed by atoms with van der Waals surface area (Å²) in [6, 6.07) is 14.1. The average Bonchev–Trinajstić information content (AvgIpc) is 3.06. The molecule has 6 heteroatoms. The molecule has 4 aromatic rings. The Bertz CT molecular complexity index is 1110. The molecule has 0 unspecified atom stereocenters. The number of pyridine rings is 1. The molecule has 0 spiro atoms. The van der Waals surface area contributed by atoms with E-state index in [1.165, 1.54) is 12.1 Å². The van der Waals surface area contributed by atoms with Crippen LogP contribution in [-0.4, -0.2) is 25.9 Å². The number of benzene rings is 1. The monoisotopic (exact) mass is 375 g/mol. The number of imidazole rings is 1. The van der Waals surface area contributed by atoms with Crippen LogP contribution in [0.5, 0.6) is 0 Å². The van der Waals surface area contributed by atoms with E-state index in [1.807, 2.05) is 34.9 Å². The second kappa shape index (κ2) is 7.03. The first-order chi connectivity index (χ1) is 13.4. The fourth-order valence-corrected chi connectivity index (χ4v) is 2.97. The molecule has 1 N–H and O–H groups in total. The predicted octanol–water partition coefficient (Wildman–Crippen LogP) is 5.06. The van der Waals surface area contributed by atoms with Gasteiger partial charge in [-0.3, -0.25) is 4.40 Å². The van der Waals surface area contributed by atoms with Crippen molar-refractivity contribution in [3.63, 3.8) is 0 Å². The summed E-state index contributed by atoms with van der Waals surface area (Å²) in [5, 5.41) is 3.30. The Hall–Kier alpha value is -3.28. The summed E-state index contributed by atoms with van der Waals surface area (Å²) in [6.45, 7) is 7.22. The number of fused-ring (bicyclic) bond motifs is 1. The highest BCUT2D eigenvalue weighted by Crippen LogP contribution is 2.32. The van der Waals surface area contributed by atoms with Gasteiger partial charge in [0.25, 0.3) is 0 Å². The second-order valence-corrected chi connectivity index (χ2v) is 7.92. The third-order valence-electron chi connectivity index (χ3n) is 4.32. The number of hydrogen-bond acceptors (Lipinski definition) is 4. The topological polar surface area (TPSA) is 55.1 Å². The zero-order valence-electron chi connectivity index (χ0n) is 16.1. The van der Waals surface area contributed by atoms with Crippen molar-refractivity contribution in [2.75, 3.05) is 11.9 Å². The van der Waals surface area contributed by atoms with Gasteiger partial charge in [-0.2, -0.15) is 0 Å². The first kappa shape index (κ1) is 18.1.